The quantitative estimate of drug-likeness (QED) is 0.444. The van der Waals surface area contributed by atoms with Crippen LogP contribution in [0.25, 0.3) is 0 Å². The van der Waals surface area contributed by atoms with Crippen molar-refractivity contribution in [3.63, 3.8) is 0 Å². The van der Waals surface area contributed by atoms with Gasteiger partial charge in [0.15, 0.2) is 0 Å². The largest absolute Gasteiger partial charge is 0.381 e. The summed E-state index contributed by atoms with van der Waals surface area (Å²) in [4.78, 5) is 0. The van der Waals surface area contributed by atoms with E-state index in [-0.39, 0.29) is 5.60 Å². The maximum Gasteiger partial charge on any atom is 0.0729 e. The molecular weight excluding hydrogens is 260 g/mol. The summed E-state index contributed by atoms with van der Waals surface area (Å²) in [5.74, 6) is 8.75. The minimum Gasteiger partial charge on any atom is -0.381 e. The molecule has 2 unspecified atom stereocenters. The molecule has 0 aromatic heterocycles. The third-order valence-electron chi connectivity index (χ3n) is 4.36. The fraction of sp³-hybridized carbons (Fsp3) is 1.00. The number of hydrogen-bond donors (Lipinski definition) is 2. The van der Waals surface area contributed by atoms with E-state index in [9.17, 15) is 0 Å². The standard InChI is InChI=1S/C14H28N2O2S/c1-2-9-19-11-13(16-15)12-3-6-18-14(10-12)4-7-17-8-5-14/h12-13,16H,2-11,15H2,1H3. The fourth-order valence-electron chi connectivity index (χ4n) is 3.18. The van der Waals surface area contributed by atoms with Crippen LogP contribution in [0.15, 0.2) is 0 Å². The van der Waals surface area contributed by atoms with Gasteiger partial charge in [0.05, 0.1) is 5.60 Å². The maximum absolute atomic E-state index is 6.10. The summed E-state index contributed by atoms with van der Waals surface area (Å²) in [6, 6.07) is 0.417. The van der Waals surface area contributed by atoms with Crippen molar-refractivity contribution in [3.8, 4) is 0 Å². The van der Waals surface area contributed by atoms with Crippen LogP contribution >= 0.6 is 11.8 Å². The molecule has 1 spiro atoms. The predicted molar refractivity (Wildman–Crippen MR) is 80.2 cm³/mol. The van der Waals surface area contributed by atoms with Gasteiger partial charge in [-0.3, -0.25) is 11.3 Å². The van der Waals surface area contributed by atoms with Crippen molar-refractivity contribution < 1.29 is 9.47 Å². The average molecular weight is 288 g/mol. The van der Waals surface area contributed by atoms with Crippen LogP contribution in [0.3, 0.4) is 0 Å². The number of ether oxygens (including phenoxy) is 2. The van der Waals surface area contributed by atoms with Crippen molar-refractivity contribution in [1.29, 1.82) is 0 Å². The molecule has 19 heavy (non-hydrogen) atoms. The van der Waals surface area contributed by atoms with Crippen molar-refractivity contribution in [2.45, 2.75) is 50.7 Å². The number of thioether (sulfide) groups is 1. The van der Waals surface area contributed by atoms with E-state index in [0.717, 1.165) is 51.3 Å². The minimum absolute atomic E-state index is 0.0751. The molecule has 5 heteroatoms. The van der Waals surface area contributed by atoms with Crippen LogP contribution < -0.4 is 11.3 Å². The Morgan fingerprint density at radius 2 is 2.16 bits per heavy atom. The van der Waals surface area contributed by atoms with Crippen LogP contribution in [0.2, 0.25) is 0 Å². The SMILES string of the molecule is CCCSCC(NN)C1CCOC2(CCOCC2)C1. The third kappa shape index (κ3) is 4.33. The van der Waals surface area contributed by atoms with Crippen LogP contribution in [0.4, 0.5) is 0 Å². The van der Waals surface area contributed by atoms with Gasteiger partial charge in [-0.25, -0.2) is 0 Å². The molecule has 0 radical (unpaired) electrons. The van der Waals surface area contributed by atoms with Crippen LogP contribution in [0.5, 0.6) is 0 Å². The Labute approximate surface area is 121 Å². The van der Waals surface area contributed by atoms with Crippen LogP contribution in [-0.4, -0.2) is 43.0 Å². The maximum atomic E-state index is 6.10. The first-order valence-electron chi connectivity index (χ1n) is 7.55. The molecule has 4 nitrogen and oxygen atoms in total. The summed E-state index contributed by atoms with van der Waals surface area (Å²) in [5.41, 5.74) is 3.12. The van der Waals surface area contributed by atoms with Gasteiger partial charge in [-0.2, -0.15) is 11.8 Å². The lowest BCUT2D eigenvalue weighted by molar-refractivity contribution is -0.149. The predicted octanol–water partition coefficient (Wildman–Crippen LogP) is 1.94. The lowest BCUT2D eigenvalue weighted by Crippen LogP contribution is -2.51. The van der Waals surface area contributed by atoms with Crippen molar-refractivity contribution in [3.05, 3.63) is 0 Å². The van der Waals surface area contributed by atoms with Gasteiger partial charge in [-0.05, 0) is 43.8 Å². The molecule has 2 saturated heterocycles. The summed E-state index contributed by atoms with van der Waals surface area (Å²) in [5, 5.41) is 0. The zero-order chi connectivity index (χ0) is 13.6. The number of hydrogen-bond acceptors (Lipinski definition) is 5. The Bertz CT molecular complexity index is 254. The highest BCUT2D eigenvalue weighted by Crippen LogP contribution is 2.38. The molecule has 0 amide bonds. The molecule has 0 aliphatic carbocycles. The molecule has 0 aromatic rings. The highest BCUT2D eigenvalue weighted by Gasteiger charge is 2.40. The molecular formula is C14H28N2O2S. The Hall–Kier alpha value is 0.190. The first-order chi connectivity index (χ1) is 9.29. The summed E-state index contributed by atoms with van der Waals surface area (Å²) >= 11 is 2.01. The van der Waals surface area contributed by atoms with E-state index in [1.807, 2.05) is 11.8 Å². The molecule has 112 valence electrons. The monoisotopic (exact) mass is 288 g/mol. The van der Waals surface area contributed by atoms with Crippen molar-refractivity contribution in [2.75, 3.05) is 31.3 Å². The molecule has 0 aromatic carbocycles. The minimum atomic E-state index is 0.0751. The molecule has 0 saturated carbocycles. The molecule has 2 heterocycles. The summed E-state index contributed by atoms with van der Waals surface area (Å²) in [6.07, 6.45) is 5.59. The van der Waals surface area contributed by atoms with E-state index < -0.39 is 0 Å². The van der Waals surface area contributed by atoms with E-state index in [4.69, 9.17) is 15.3 Å². The zero-order valence-electron chi connectivity index (χ0n) is 12.0. The van der Waals surface area contributed by atoms with Gasteiger partial charge < -0.3 is 9.47 Å². The molecule has 2 aliphatic heterocycles. The molecule has 2 rings (SSSR count). The normalized spacial score (nSPS) is 28.4. The molecule has 3 N–H and O–H groups in total. The van der Waals surface area contributed by atoms with Gasteiger partial charge in [0.1, 0.15) is 0 Å². The summed E-state index contributed by atoms with van der Waals surface area (Å²) in [7, 11) is 0. The van der Waals surface area contributed by atoms with Gasteiger partial charge in [-0.15, -0.1) is 0 Å². The molecule has 2 aliphatic rings. The van der Waals surface area contributed by atoms with Crippen LogP contribution in [-0.2, 0) is 9.47 Å². The van der Waals surface area contributed by atoms with E-state index >= 15 is 0 Å². The molecule has 0 bridgehead atoms. The number of hydrazine groups is 1. The van der Waals surface area contributed by atoms with Crippen LogP contribution in [0.1, 0.15) is 39.0 Å². The number of nitrogens with one attached hydrogen (secondary N) is 1. The number of rotatable bonds is 6. The van der Waals surface area contributed by atoms with Gasteiger partial charge in [0.2, 0.25) is 0 Å². The Morgan fingerprint density at radius 3 is 2.84 bits per heavy atom. The molecule has 2 atom stereocenters. The average Bonchev–Trinajstić information content (AvgIpc) is 2.44. The summed E-state index contributed by atoms with van der Waals surface area (Å²) < 4.78 is 11.6. The number of nitrogens with two attached hydrogens (primary N) is 1. The first-order valence-corrected chi connectivity index (χ1v) is 8.71. The van der Waals surface area contributed by atoms with Crippen molar-refractivity contribution >= 4 is 11.8 Å². The Balaban J connectivity index is 1.87. The highest BCUT2D eigenvalue weighted by atomic mass is 32.2. The van der Waals surface area contributed by atoms with Gasteiger partial charge in [0, 0.05) is 31.6 Å². The smallest absolute Gasteiger partial charge is 0.0729 e. The van der Waals surface area contributed by atoms with Gasteiger partial charge in [0.25, 0.3) is 0 Å². The van der Waals surface area contributed by atoms with Gasteiger partial charge in [-0.1, -0.05) is 6.92 Å². The Morgan fingerprint density at radius 1 is 1.37 bits per heavy atom. The lowest BCUT2D eigenvalue weighted by atomic mass is 9.78. The van der Waals surface area contributed by atoms with E-state index in [1.165, 1.54) is 12.2 Å². The third-order valence-corrected chi connectivity index (χ3v) is 5.66. The lowest BCUT2D eigenvalue weighted by Gasteiger charge is -2.45. The second kappa shape index (κ2) is 7.84. The fourth-order valence-corrected chi connectivity index (χ4v) is 4.25. The zero-order valence-corrected chi connectivity index (χ0v) is 12.8. The van der Waals surface area contributed by atoms with Crippen molar-refractivity contribution in [1.82, 2.24) is 5.43 Å². The van der Waals surface area contributed by atoms with Crippen molar-refractivity contribution in [2.24, 2.45) is 11.8 Å². The second-order valence-electron chi connectivity index (χ2n) is 5.74. The topological polar surface area (TPSA) is 56.5 Å². The van der Waals surface area contributed by atoms with E-state index in [0.29, 0.717) is 12.0 Å². The van der Waals surface area contributed by atoms with Crippen LogP contribution in [0, 0.1) is 5.92 Å². The Kier molecular flexibility index (Phi) is 6.42. The first kappa shape index (κ1) is 15.6. The van der Waals surface area contributed by atoms with E-state index in [2.05, 4.69) is 12.3 Å². The van der Waals surface area contributed by atoms with Gasteiger partial charge >= 0.3 is 0 Å². The second-order valence-corrected chi connectivity index (χ2v) is 6.89. The highest BCUT2D eigenvalue weighted by molar-refractivity contribution is 7.99. The summed E-state index contributed by atoms with van der Waals surface area (Å²) in [6.45, 7) is 4.79. The van der Waals surface area contributed by atoms with E-state index in [1.54, 1.807) is 0 Å². The molecule has 2 fully saturated rings.